The molecule has 0 fully saturated rings. The van der Waals surface area contributed by atoms with Gasteiger partial charge in [-0.1, -0.05) is 0 Å². The van der Waals surface area contributed by atoms with Gasteiger partial charge in [-0.05, 0) is 95.8 Å². The standard InChI is InChI=1S/C44H50O16/c1-51-31-15-25(16-32(52-2)41(31)47)9-11-39(45)59-23-29(13-27-19-35(55-5)43(49)36(20-27)56-6)30(14-28-21-37(57-7)44(50)38(22-28)58-8)24-60-40(46)12-10-26-17-33(53-3)42(48)34(18-26)54-4/h9-12,15-22,29-30,47-50H,13-14,23-24H2,1-8H3/b11-9+,12-10+/t29-,30+. The van der Waals surface area contributed by atoms with E-state index >= 15 is 0 Å². The number of esters is 2. The predicted octanol–water partition coefficient (Wildman–Crippen LogP) is 6.11. The van der Waals surface area contributed by atoms with Gasteiger partial charge in [-0.15, -0.1) is 0 Å². The molecule has 4 rings (SSSR count). The first-order valence-corrected chi connectivity index (χ1v) is 18.3. The Morgan fingerprint density at radius 3 is 0.900 bits per heavy atom. The molecule has 0 heterocycles. The number of benzene rings is 4. The second-order valence-electron chi connectivity index (χ2n) is 13.1. The van der Waals surface area contributed by atoms with Gasteiger partial charge < -0.3 is 67.8 Å². The van der Waals surface area contributed by atoms with Gasteiger partial charge in [0.15, 0.2) is 46.0 Å². The smallest absolute Gasteiger partial charge is 0.330 e. The maximum absolute atomic E-state index is 13.3. The average molecular weight is 835 g/mol. The highest BCUT2D eigenvalue weighted by Crippen LogP contribution is 2.41. The van der Waals surface area contributed by atoms with E-state index in [1.165, 1.54) is 105 Å². The molecule has 0 aromatic heterocycles. The minimum atomic E-state index is -0.710. The van der Waals surface area contributed by atoms with Crippen LogP contribution in [0.3, 0.4) is 0 Å². The van der Waals surface area contributed by atoms with E-state index in [1.54, 1.807) is 24.3 Å². The summed E-state index contributed by atoms with van der Waals surface area (Å²) in [5.74, 6) is -2.25. The van der Waals surface area contributed by atoms with Crippen LogP contribution in [0.2, 0.25) is 0 Å². The summed E-state index contributed by atoms with van der Waals surface area (Å²) in [4.78, 5) is 26.6. The van der Waals surface area contributed by atoms with Crippen LogP contribution in [-0.4, -0.2) is 102 Å². The molecule has 0 spiro atoms. The van der Waals surface area contributed by atoms with Crippen molar-refractivity contribution in [3.8, 4) is 69.0 Å². The lowest BCUT2D eigenvalue weighted by Crippen LogP contribution is -2.30. The average Bonchev–Trinajstić information content (AvgIpc) is 3.26. The van der Waals surface area contributed by atoms with Gasteiger partial charge in [-0.3, -0.25) is 0 Å². The Kier molecular flexibility index (Phi) is 16.4. The lowest BCUT2D eigenvalue weighted by atomic mass is 9.83. The number of carbonyl (C=O) groups excluding carboxylic acids is 2. The molecular weight excluding hydrogens is 784 g/mol. The summed E-state index contributed by atoms with van der Waals surface area (Å²) in [6.07, 6.45) is 5.76. The number of aromatic hydroxyl groups is 4. The number of phenolic OH excluding ortho intramolecular Hbond substituents is 4. The molecule has 0 aliphatic carbocycles. The second-order valence-corrected chi connectivity index (χ2v) is 13.1. The fraction of sp³-hybridized carbons (Fsp3) is 0.318. The van der Waals surface area contributed by atoms with Gasteiger partial charge in [0.1, 0.15) is 0 Å². The Bertz CT molecular complexity index is 1920. The van der Waals surface area contributed by atoms with Crippen molar-refractivity contribution in [1.82, 2.24) is 0 Å². The molecule has 16 heteroatoms. The Morgan fingerprint density at radius 1 is 0.433 bits per heavy atom. The molecule has 4 aromatic carbocycles. The largest absolute Gasteiger partial charge is 0.502 e. The summed E-state index contributed by atoms with van der Waals surface area (Å²) in [5.41, 5.74) is 2.23. The van der Waals surface area contributed by atoms with Gasteiger partial charge in [-0.2, -0.15) is 0 Å². The fourth-order valence-electron chi connectivity index (χ4n) is 6.28. The normalized spacial score (nSPS) is 12.1. The van der Waals surface area contributed by atoms with Crippen LogP contribution in [0.1, 0.15) is 22.3 Å². The highest BCUT2D eigenvalue weighted by atomic mass is 16.5. The number of ether oxygens (including phenoxy) is 10. The van der Waals surface area contributed by atoms with Crippen LogP contribution >= 0.6 is 0 Å². The Balaban J connectivity index is 1.72. The van der Waals surface area contributed by atoms with E-state index in [2.05, 4.69) is 0 Å². The highest BCUT2D eigenvalue weighted by Gasteiger charge is 2.28. The third-order valence-electron chi connectivity index (χ3n) is 9.45. The summed E-state index contributed by atoms with van der Waals surface area (Å²) >= 11 is 0. The molecule has 0 amide bonds. The number of methoxy groups -OCH3 is 8. The highest BCUT2D eigenvalue weighted by molar-refractivity contribution is 5.88. The third-order valence-corrected chi connectivity index (χ3v) is 9.45. The van der Waals surface area contributed by atoms with Crippen molar-refractivity contribution in [2.24, 2.45) is 11.8 Å². The molecule has 0 radical (unpaired) electrons. The molecule has 16 nitrogen and oxygen atoms in total. The maximum Gasteiger partial charge on any atom is 0.330 e. The Labute approximate surface area is 347 Å². The molecule has 4 aromatic rings. The van der Waals surface area contributed by atoms with Crippen molar-refractivity contribution in [3.63, 3.8) is 0 Å². The van der Waals surface area contributed by atoms with Crippen LogP contribution in [-0.2, 0) is 31.9 Å². The summed E-state index contributed by atoms with van der Waals surface area (Å²) < 4.78 is 54.1. The van der Waals surface area contributed by atoms with Crippen molar-refractivity contribution in [2.75, 3.05) is 70.1 Å². The van der Waals surface area contributed by atoms with E-state index in [1.807, 2.05) is 0 Å². The number of phenols is 4. The summed E-state index contributed by atoms with van der Waals surface area (Å²) in [6, 6.07) is 12.6. The first-order valence-electron chi connectivity index (χ1n) is 18.3. The molecule has 0 saturated carbocycles. The lowest BCUT2D eigenvalue weighted by molar-refractivity contribution is -0.143. The molecule has 0 saturated heterocycles. The first-order chi connectivity index (χ1) is 28.8. The quantitative estimate of drug-likeness (QED) is 0.0552. The van der Waals surface area contributed by atoms with Crippen LogP contribution < -0.4 is 37.9 Å². The predicted molar refractivity (Wildman–Crippen MR) is 219 cm³/mol. The molecule has 2 atom stereocenters. The minimum absolute atomic E-state index is 0.138. The monoisotopic (exact) mass is 834 g/mol. The SMILES string of the molecule is COc1cc(/C=C/C(=O)OC[C@H](Cc2cc(OC)c(O)c(OC)c2)[C@@H](COC(=O)/C=C/c2cc(OC)c(O)c(OC)c2)Cc2cc(OC)c(O)c(OC)c2)cc(OC)c1O. The molecule has 0 aliphatic heterocycles. The first kappa shape index (κ1) is 45.6. The van der Waals surface area contributed by atoms with E-state index in [-0.39, 0.29) is 95.0 Å². The van der Waals surface area contributed by atoms with E-state index < -0.39 is 23.8 Å². The van der Waals surface area contributed by atoms with Crippen LogP contribution in [0.15, 0.2) is 60.7 Å². The van der Waals surface area contributed by atoms with Crippen LogP contribution in [0, 0.1) is 11.8 Å². The summed E-state index contributed by atoms with van der Waals surface area (Å²) in [6.45, 7) is -0.372. The third kappa shape index (κ3) is 11.5. The molecule has 0 aliphatic rings. The van der Waals surface area contributed by atoms with Crippen LogP contribution in [0.5, 0.6) is 69.0 Å². The van der Waals surface area contributed by atoms with Gasteiger partial charge >= 0.3 is 11.9 Å². The van der Waals surface area contributed by atoms with Crippen molar-refractivity contribution >= 4 is 24.1 Å². The summed E-state index contributed by atoms with van der Waals surface area (Å²) in [5, 5.41) is 41.9. The topological polar surface area (TPSA) is 207 Å². The van der Waals surface area contributed by atoms with Gasteiger partial charge in [0.05, 0.1) is 70.1 Å². The van der Waals surface area contributed by atoms with Crippen LogP contribution in [0.25, 0.3) is 12.2 Å². The van der Waals surface area contributed by atoms with Gasteiger partial charge in [0, 0.05) is 24.0 Å². The van der Waals surface area contributed by atoms with Crippen molar-refractivity contribution < 1.29 is 77.4 Å². The zero-order chi connectivity index (χ0) is 43.9. The van der Waals surface area contributed by atoms with E-state index in [4.69, 9.17) is 47.4 Å². The number of hydrogen-bond donors (Lipinski definition) is 4. The summed E-state index contributed by atoms with van der Waals surface area (Å²) in [7, 11) is 11.1. The molecule has 60 heavy (non-hydrogen) atoms. The maximum atomic E-state index is 13.3. The molecule has 0 unspecified atom stereocenters. The lowest BCUT2D eigenvalue weighted by Gasteiger charge is -2.27. The van der Waals surface area contributed by atoms with E-state index in [0.717, 1.165) is 0 Å². The number of carbonyl (C=O) groups is 2. The molecule has 322 valence electrons. The van der Waals surface area contributed by atoms with Crippen molar-refractivity contribution in [3.05, 3.63) is 82.9 Å². The molecule has 4 N–H and O–H groups in total. The molecule has 0 bridgehead atoms. The molecular formula is C44H50O16. The Morgan fingerprint density at radius 2 is 0.667 bits per heavy atom. The zero-order valence-corrected chi connectivity index (χ0v) is 34.6. The van der Waals surface area contributed by atoms with Gasteiger partial charge in [0.2, 0.25) is 23.0 Å². The van der Waals surface area contributed by atoms with Crippen molar-refractivity contribution in [1.29, 1.82) is 0 Å². The van der Waals surface area contributed by atoms with Crippen molar-refractivity contribution in [2.45, 2.75) is 12.8 Å². The fourth-order valence-corrected chi connectivity index (χ4v) is 6.28. The van der Waals surface area contributed by atoms with E-state index in [0.29, 0.717) is 22.3 Å². The van der Waals surface area contributed by atoms with Gasteiger partial charge in [0.25, 0.3) is 0 Å². The zero-order valence-electron chi connectivity index (χ0n) is 34.6. The van der Waals surface area contributed by atoms with Crippen LogP contribution in [0.4, 0.5) is 0 Å². The number of rotatable bonds is 21. The minimum Gasteiger partial charge on any atom is -0.502 e. The second kappa shape index (κ2) is 21.6. The van der Waals surface area contributed by atoms with Gasteiger partial charge in [-0.25, -0.2) is 9.59 Å². The number of hydrogen-bond acceptors (Lipinski definition) is 16. The Hall–Kier alpha value is -7.10. The van der Waals surface area contributed by atoms with E-state index in [9.17, 15) is 30.0 Å².